The van der Waals surface area contributed by atoms with Gasteiger partial charge in [0, 0.05) is 0 Å². The quantitative estimate of drug-likeness (QED) is 0.538. The molecule has 1 aliphatic heterocycles. The highest BCUT2D eigenvalue weighted by atomic mass is 16.6. The van der Waals surface area contributed by atoms with E-state index in [0.717, 1.165) is 6.42 Å². The molecule has 1 saturated heterocycles. The van der Waals surface area contributed by atoms with Crippen LogP contribution in [0.1, 0.15) is 32.6 Å². The van der Waals surface area contributed by atoms with Gasteiger partial charge in [0.15, 0.2) is 0 Å². The molecule has 9 heavy (non-hydrogen) atoms. The van der Waals surface area contributed by atoms with Crippen molar-refractivity contribution in [3.05, 3.63) is 0 Å². The van der Waals surface area contributed by atoms with Crippen LogP contribution >= 0.6 is 0 Å². The molecule has 1 fully saturated rings. The van der Waals surface area contributed by atoms with Gasteiger partial charge in [0.2, 0.25) is 0 Å². The van der Waals surface area contributed by atoms with Crippen LogP contribution in [0.2, 0.25) is 0 Å². The smallest absolute Gasteiger partial charge is 0.309 e. The van der Waals surface area contributed by atoms with Gasteiger partial charge in [0.05, 0.1) is 6.42 Å². The summed E-state index contributed by atoms with van der Waals surface area (Å²) in [5, 5.41) is 0. The van der Waals surface area contributed by atoms with E-state index in [2.05, 4.69) is 6.92 Å². The molecule has 2 heteroatoms. The van der Waals surface area contributed by atoms with E-state index in [0.29, 0.717) is 6.42 Å². The van der Waals surface area contributed by atoms with Gasteiger partial charge in [-0.1, -0.05) is 19.8 Å². The first-order chi connectivity index (χ1) is 4.33. The Labute approximate surface area is 55.2 Å². The minimum absolute atomic E-state index is 0.0314. The molecule has 2 nitrogen and oxygen atoms in total. The van der Waals surface area contributed by atoms with Crippen molar-refractivity contribution in [2.75, 3.05) is 0 Å². The molecule has 0 aromatic heterocycles. The molecule has 0 radical (unpaired) electrons. The first kappa shape index (κ1) is 6.59. The van der Waals surface area contributed by atoms with Gasteiger partial charge in [-0.05, 0) is 6.42 Å². The average molecular weight is 128 g/mol. The molecule has 0 amide bonds. The maximum Gasteiger partial charge on any atom is 0.309 e. The number of carbonyl (C=O) groups is 1. The lowest BCUT2D eigenvalue weighted by Gasteiger charge is -2.24. The van der Waals surface area contributed by atoms with Gasteiger partial charge >= 0.3 is 5.97 Å². The summed E-state index contributed by atoms with van der Waals surface area (Å²) in [5.41, 5.74) is 0. The lowest BCUT2D eigenvalue weighted by molar-refractivity contribution is -0.169. The molecule has 0 aromatic rings. The predicted molar refractivity (Wildman–Crippen MR) is 34.0 cm³/mol. The summed E-state index contributed by atoms with van der Waals surface area (Å²) >= 11 is 0. The van der Waals surface area contributed by atoms with Crippen molar-refractivity contribution in [2.24, 2.45) is 0 Å². The fourth-order valence-corrected chi connectivity index (χ4v) is 0.955. The van der Waals surface area contributed by atoms with Crippen LogP contribution in [-0.2, 0) is 9.53 Å². The lowest BCUT2D eigenvalue weighted by atomic mass is 10.1. The highest BCUT2D eigenvalue weighted by molar-refractivity contribution is 5.75. The molecule has 52 valence electrons. The summed E-state index contributed by atoms with van der Waals surface area (Å²) in [6.45, 7) is 2.14. The number of carbonyl (C=O) groups excluding carboxylic acids is 1. The van der Waals surface area contributed by atoms with Crippen LogP contribution in [0.4, 0.5) is 0 Å². The molecule has 1 rings (SSSR count). The zero-order valence-corrected chi connectivity index (χ0v) is 5.72. The summed E-state index contributed by atoms with van der Waals surface area (Å²) in [4.78, 5) is 10.3. The van der Waals surface area contributed by atoms with Gasteiger partial charge in [-0.25, -0.2) is 0 Å². The van der Waals surface area contributed by atoms with E-state index in [1.54, 1.807) is 0 Å². The zero-order chi connectivity index (χ0) is 6.69. The number of hydrogen-bond donors (Lipinski definition) is 0. The van der Waals surface area contributed by atoms with Crippen molar-refractivity contribution >= 4 is 5.97 Å². The second kappa shape index (κ2) is 2.85. The highest BCUT2D eigenvalue weighted by Crippen LogP contribution is 2.18. The van der Waals surface area contributed by atoms with E-state index in [9.17, 15) is 4.79 Å². The second-order valence-electron chi connectivity index (χ2n) is 2.46. The van der Waals surface area contributed by atoms with Gasteiger partial charge in [0.1, 0.15) is 6.10 Å². The predicted octanol–water partition coefficient (Wildman–Crippen LogP) is 1.49. The number of esters is 1. The Morgan fingerprint density at radius 2 is 2.44 bits per heavy atom. The summed E-state index contributed by atoms with van der Waals surface area (Å²) in [7, 11) is 0. The molecule has 0 N–H and O–H groups in total. The monoisotopic (exact) mass is 128 g/mol. The molecule has 0 bridgehead atoms. The van der Waals surface area contributed by atoms with E-state index >= 15 is 0 Å². The van der Waals surface area contributed by atoms with Crippen LogP contribution in [0.5, 0.6) is 0 Å². The lowest BCUT2D eigenvalue weighted by Crippen LogP contribution is -2.32. The summed E-state index contributed by atoms with van der Waals surface area (Å²) in [5.74, 6) is -0.0314. The van der Waals surface area contributed by atoms with Gasteiger partial charge in [-0.15, -0.1) is 0 Å². The zero-order valence-electron chi connectivity index (χ0n) is 5.72. The molecule has 0 aliphatic carbocycles. The molecule has 0 aromatic carbocycles. The first-order valence-electron chi connectivity index (χ1n) is 3.52. The number of cyclic esters (lactones) is 1. The van der Waals surface area contributed by atoms with Crippen molar-refractivity contribution < 1.29 is 9.53 Å². The third-order valence-electron chi connectivity index (χ3n) is 1.57. The standard InChI is InChI=1S/C7H12O2/c1-2-3-4-6-5-7(8)9-6/h6H,2-5H2,1H3/t6-/m1/s1. The maximum atomic E-state index is 10.3. The Balaban J connectivity index is 1.97. The molecular weight excluding hydrogens is 116 g/mol. The summed E-state index contributed by atoms with van der Waals surface area (Å²) in [6, 6.07) is 0. The maximum absolute atomic E-state index is 10.3. The largest absolute Gasteiger partial charge is 0.462 e. The minimum atomic E-state index is -0.0314. The number of hydrogen-bond acceptors (Lipinski definition) is 2. The van der Waals surface area contributed by atoms with Crippen molar-refractivity contribution in [3.63, 3.8) is 0 Å². The molecule has 1 heterocycles. The van der Waals surface area contributed by atoms with Crippen LogP contribution in [0.25, 0.3) is 0 Å². The Morgan fingerprint density at radius 3 is 2.89 bits per heavy atom. The highest BCUT2D eigenvalue weighted by Gasteiger charge is 2.26. The van der Waals surface area contributed by atoms with Crippen molar-refractivity contribution in [1.82, 2.24) is 0 Å². The van der Waals surface area contributed by atoms with Gasteiger partial charge in [-0.3, -0.25) is 4.79 Å². The SMILES string of the molecule is CCCC[C@@H]1CC(=O)O1. The third kappa shape index (κ3) is 1.70. The summed E-state index contributed by atoms with van der Waals surface area (Å²) < 4.78 is 4.80. The van der Waals surface area contributed by atoms with Crippen molar-refractivity contribution in [3.8, 4) is 0 Å². The molecule has 0 spiro atoms. The molecule has 1 aliphatic rings. The van der Waals surface area contributed by atoms with Crippen LogP contribution in [-0.4, -0.2) is 12.1 Å². The molecular formula is C7H12O2. The Kier molecular flexibility index (Phi) is 2.09. The molecule has 0 saturated carbocycles. The topological polar surface area (TPSA) is 26.3 Å². The first-order valence-corrected chi connectivity index (χ1v) is 3.52. The minimum Gasteiger partial charge on any atom is -0.462 e. The number of unbranched alkanes of at least 4 members (excludes halogenated alkanes) is 1. The second-order valence-corrected chi connectivity index (χ2v) is 2.46. The number of rotatable bonds is 3. The average Bonchev–Trinajstić information content (AvgIpc) is 1.78. The van der Waals surface area contributed by atoms with Crippen molar-refractivity contribution in [1.29, 1.82) is 0 Å². The van der Waals surface area contributed by atoms with Crippen LogP contribution in [0.15, 0.2) is 0 Å². The Morgan fingerprint density at radius 1 is 1.78 bits per heavy atom. The fraction of sp³-hybridized carbons (Fsp3) is 0.857. The van der Waals surface area contributed by atoms with Gasteiger partial charge in [-0.2, -0.15) is 0 Å². The Hall–Kier alpha value is -0.530. The van der Waals surface area contributed by atoms with Gasteiger partial charge in [0.25, 0.3) is 0 Å². The molecule has 0 unspecified atom stereocenters. The van der Waals surface area contributed by atoms with E-state index in [4.69, 9.17) is 4.74 Å². The van der Waals surface area contributed by atoms with Gasteiger partial charge < -0.3 is 4.74 Å². The normalized spacial score (nSPS) is 25.0. The fourth-order valence-electron chi connectivity index (χ4n) is 0.955. The van der Waals surface area contributed by atoms with E-state index in [1.165, 1.54) is 12.8 Å². The third-order valence-corrected chi connectivity index (χ3v) is 1.57. The van der Waals surface area contributed by atoms with Crippen LogP contribution in [0, 0.1) is 0 Å². The van der Waals surface area contributed by atoms with E-state index < -0.39 is 0 Å². The van der Waals surface area contributed by atoms with Crippen LogP contribution in [0.3, 0.4) is 0 Å². The van der Waals surface area contributed by atoms with E-state index in [-0.39, 0.29) is 12.1 Å². The number of ether oxygens (including phenoxy) is 1. The molecule has 1 atom stereocenters. The Bertz CT molecular complexity index is 101. The van der Waals surface area contributed by atoms with E-state index in [1.807, 2.05) is 0 Å². The van der Waals surface area contributed by atoms with Crippen LogP contribution < -0.4 is 0 Å². The summed E-state index contributed by atoms with van der Waals surface area (Å²) in [6.07, 6.45) is 4.34. The van der Waals surface area contributed by atoms with Crippen molar-refractivity contribution in [2.45, 2.75) is 38.7 Å².